The van der Waals surface area contributed by atoms with Crippen molar-refractivity contribution in [2.45, 2.75) is 25.9 Å². The second kappa shape index (κ2) is 7.90. The van der Waals surface area contributed by atoms with Crippen LogP contribution in [0.25, 0.3) is 10.9 Å². The van der Waals surface area contributed by atoms with E-state index in [9.17, 15) is 14.0 Å². The molecule has 6 nitrogen and oxygen atoms in total. The van der Waals surface area contributed by atoms with Gasteiger partial charge in [-0.25, -0.2) is 9.37 Å². The summed E-state index contributed by atoms with van der Waals surface area (Å²) in [6.45, 7) is 3.00. The van der Waals surface area contributed by atoms with Crippen LogP contribution in [0.1, 0.15) is 18.4 Å². The largest absolute Gasteiger partial charge is 0.325 e. The quantitative estimate of drug-likeness (QED) is 0.739. The lowest BCUT2D eigenvalue weighted by Gasteiger charge is -2.15. The number of likely N-dealkylation sites (tertiary alicyclic amines) is 1. The van der Waals surface area contributed by atoms with Crippen molar-refractivity contribution in [1.82, 2.24) is 14.5 Å². The number of anilines is 1. The smallest absolute Gasteiger partial charge is 0.261 e. The predicted molar refractivity (Wildman–Crippen MR) is 106 cm³/mol. The van der Waals surface area contributed by atoms with Crippen LogP contribution in [0.5, 0.6) is 0 Å². The number of nitrogens with one attached hydrogen (secondary N) is 1. The van der Waals surface area contributed by atoms with E-state index in [1.54, 1.807) is 0 Å². The Morgan fingerprint density at radius 2 is 1.86 bits per heavy atom. The first-order chi connectivity index (χ1) is 13.6. The topological polar surface area (TPSA) is 67.2 Å². The second-order valence-electron chi connectivity index (χ2n) is 7.07. The van der Waals surface area contributed by atoms with Gasteiger partial charge in [-0.15, -0.1) is 0 Å². The van der Waals surface area contributed by atoms with E-state index in [0.717, 1.165) is 25.7 Å². The van der Waals surface area contributed by atoms with Crippen LogP contribution in [0.4, 0.5) is 10.1 Å². The van der Waals surface area contributed by atoms with Crippen molar-refractivity contribution in [1.29, 1.82) is 0 Å². The average Bonchev–Trinajstić information content (AvgIpc) is 3.19. The number of carbonyl (C=O) groups excluding carboxylic acids is 1. The molecule has 2 aromatic carbocycles. The van der Waals surface area contributed by atoms with Gasteiger partial charge in [0.1, 0.15) is 12.4 Å². The monoisotopic (exact) mass is 380 g/mol. The van der Waals surface area contributed by atoms with Crippen molar-refractivity contribution in [2.75, 3.05) is 18.4 Å². The van der Waals surface area contributed by atoms with Crippen molar-refractivity contribution in [3.8, 4) is 0 Å². The maximum absolute atomic E-state index is 13.4. The van der Waals surface area contributed by atoms with E-state index >= 15 is 0 Å². The summed E-state index contributed by atoms with van der Waals surface area (Å²) in [6.07, 6.45) is 3.81. The summed E-state index contributed by atoms with van der Waals surface area (Å²) < 4.78 is 14.6. The standard InChI is InChI=1S/C21H21FN4O2/c22-16-5-8-19-18(11-16)21(28)26(14-23-19)13-20(27)24-17-6-3-15(4-7-17)12-25-9-1-2-10-25/h3-8,11,14H,1-2,9-10,12-13H2,(H,24,27). The molecule has 0 saturated carbocycles. The Bertz CT molecular complexity index is 1060. The fraction of sp³-hybridized carbons (Fsp3) is 0.286. The number of amides is 1. The third kappa shape index (κ3) is 4.09. The number of aromatic nitrogens is 2. The van der Waals surface area contributed by atoms with Crippen molar-refractivity contribution >= 4 is 22.5 Å². The number of carbonyl (C=O) groups is 1. The van der Waals surface area contributed by atoms with Crippen LogP contribution in [0.3, 0.4) is 0 Å². The van der Waals surface area contributed by atoms with E-state index in [0.29, 0.717) is 11.2 Å². The first-order valence-electron chi connectivity index (χ1n) is 9.34. The van der Waals surface area contributed by atoms with Crippen LogP contribution in [-0.2, 0) is 17.9 Å². The van der Waals surface area contributed by atoms with Crippen LogP contribution < -0.4 is 10.9 Å². The van der Waals surface area contributed by atoms with E-state index in [4.69, 9.17) is 0 Å². The number of fused-ring (bicyclic) bond motifs is 1. The van der Waals surface area contributed by atoms with Crippen molar-refractivity contribution in [3.05, 3.63) is 70.5 Å². The van der Waals surface area contributed by atoms with Crippen molar-refractivity contribution in [3.63, 3.8) is 0 Å². The summed E-state index contributed by atoms with van der Waals surface area (Å²) in [7, 11) is 0. The molecule has 1 N–H and O–H groups in total. The summed E-state index contributed by atoms with van der Waals surface area (Å²) >= 11 is 0. The van der Waals surface area contributed by atoms with Gasteiger partial charge in [0.15, 0.2) is 0 Å². The highest BCUT2D eigenvalue weighted by Gasteiger charge is 2.12. The minimum atomic E-state index is -0.511. The minimum Gasteiger partial charge on any atom is -0.325 e. The molecule has 28 heavy (non-hydrogen) atoms. The maximum atomic E-state index is 13.4. The normalized spacial score (nSPS) is 14.5. The van der Waals surface area contributed by atoms with E-state index in [2.05, 4.69) is 15.2 Å². The fourth-order valence-corrected chi connectivity index (χ4v) is 3.49. The fourth-order valence-electron chi connectivity index (χ4n) is 3.49. The molecule has 0 bridgehead atoms. The number of rotatable bonds is 5. The highest BCUT2D eigenvalue weighted by atomic mass is 19.1. The van der Waals surface area contributed by atoms with Crippen molar-refractivity contribution < 1.29 is 9.18 Å². The molecule has 0 spiro atoms. The highest BCUT2D eigenvalue weighted by molar-refractivity contribution is 5.90. The Balaban J connectivity index is 1.42. The summed E-state index contributed by atoms with van der Waals surface area (Å²) in [4.78, 5) is 31.3. The van der Waals surface area contributed by atoms with Crippen LogP contribution in [-0.4, -0.2) is 33.4 Å². The second-order valence-corrected chi connectivity index (χ2v) is 7.07. The zero-order valence-corrected chi connectivity index (χ0v) is 15.4. The molecule has 2 heterocycles. The molecule has 1 aliphatic heterocycles. The van der Waals surface area contributed by atoms with E-state index in [1.807, 2.05) is 24.3 Å². The minimum absolute atomic E-state index is 0.154. The Kier molecular flexibility index (Phi) is 5.16. The number of benzene rings is 2. The molecular formula is C21H21FN4O2. The van der Waals surface area contributed by atoms with E-state index in [-0.39, 0.29) is 17.8 Å². The molecule has 144 valence electrons. The Morgan fingerprint density at radius 3 is 2.61 bits per heavy atom. The molecule has 0 atom stereocenters. The average molecular weight is 380 g/mol. The molecule has 1 aromatic heterocycles. The van der Waals surface area contributed by atoms with Gasteiger partial charge in [0, 0.05) is 12.2 Å². The van der Waals surface area contributed by atoms with Gasteiger partial charge in [0.05, 0.1) is 17.2 Å². The molecule has 7 heteroatoms. The third-order valence-corrected chi connectivity index (χ3v) is 4.94. The lowest BCUT2D eigenvalue weighted by Crippen LogP contribution is -2.28. The van der Waals surface area contributed by atoms with Crippen LogP contribution in [0, 0.1) is 5.82 Å². The van der Waals surface area contributed by atoms with Gasteiger partial charge in [-0.1, -0.05) is 12.1 Å². The Labute approximate surface area is 161 Å². The van der Waals surface area contributed by atoms with E-state index in [1.165, 1.54) is 41.4 Å². The number of nitrogens with zero attached hydrogens (tertiary/aromatic N) is 3. The Hall–Kier alpha value is -3.06. The third-order valence-electron chi connectivity index (χ3n) is 4.94. The van der Waals surface area contributed by atoms with Gasteiger partial charge >= 0.3 is 0 Å². The summed E-state index contributed by atoms with van der Waals surface area (Å²) in [5, 5.41) is 2.94. The zero-order chi connectivity index (χ0) is 19.5. The van der Waals surface area contributed by atoms with Gasteiger partial charge in [-0.05, 0) is 61.8 Å². The SMILES string of the molecule is O=C(Cn1cnc2ccc(F)cc2c1=O)Nc1ccc(CN2CCCC2)cc1. The molecular weight excluding hydrogens is 359 g/mol. The van der Waals surface area contributed by atoms with Gasteiger partial charge < -0.3 is 5.32 Å². The lowest BCUT2D eigenvalue weighted by molar-refractivity contribution is -0.116. The van der Waals surface area contributed by atoms with Crippen LogP contribution >= 0.6 is 0 Å². The van der Waals surface area contributed by atoms with E-state index < -0.39 is 11.4 Å². The first-order valence-corrected chi connectivity index (χ1v) is 9.34. The van der Waals surface area contributed by atoms with Crippen LogP contribution in [0.2, 0.25) is 0 Å². The van der Waals surface area contributed by atoms with Gasteiger partial charge in [-0.2, -0.15) is 0 Å². The molecule has 0 aliphatic carbocycles. The number of hydrogen-bond donors (Lipinski definition) is 1. The Morgan fingerprint density at radius 1 is 1.11 bits per heavy atom. The molecule has 3 aromatic rings. The lowest BCUT2D eigenvalue weighted by atomic mass is 10.2. The maximum Gasteiger partial charge on any atom is 0.261 e. The summed E-state index contributed by atoms with van der Waals surface area (Å²) in [5.41, 5.74) is 1.83. The van der Waals surface area contributed by atoms with Gasteiger partial charge in [0.25, 0.3) is 5.56 Å². The van der Waals surface area contributed by atoms with Crippen LogP contribution in [0.15, 0.2) is 53.6 Å². The number of hydrogen-bond acceptors (Lipinski definition) is 4. The summed E-state index contributed by atoms with van der Waals surface area (Å²) in [6, 6.07) is 11.6. The molecule has 0 unspecified atom stereocenters. The molecule has 1 aliphatic rings. The predicted octanol–water partition coefficient (Wildman–Crippen LogP) is 2.77. The first kappa shape index (κ1) is 18.3. The molecule has 1 saturated heterocycles. The molecule has 0 radical (unpaired) electrons. The number of halogens is 1. The molecule has 4 rings (SSSR count). The van der Waals surface area contributed by atoms with Crippen molar-refractivity contribution in [2.24, 2.45) is 0 Å². The molecule has 1 amide bonds. The molecule has 1 fully saturated rings. The zero-order valence-electron chi connectivity index (χ0n) is 15.4. The van der Waals surface area contributed by atoms with Gasteiger partial charge in [0.2, 0.25) is 5.91 Å². The highest BCUT2D eigenvalue weighted by Crippen LogP contribution is 2.15. The van der Waals surface area contributed by atoms with Gasteiger partial charge in [-0.3, -0.25) is 19.1 Å². The summed E-state index contributed by atoms with van der Waals surface area (Å²) in [5.74, 6) is -0.852.